The van der Waals surface area contributed by atoms with Gasteiger partial charge in [0.15, 0.2) is 5.22 Å². The minimum atomic E-state index is 0.440. The van der Waals surface area contributed by atoms with Crippen molar-refractivity contribution in [2.45, 2.75) is 13.0 Å². The van der Waals surface area contributed by atoms with Gasteiger partial charge in [-0.3, -0.25) is 0 Å². The maximum Gasteiger partial charge on any atom is 0.193 e. The van der Waals surface area contributed by atoms with Gasteiger partial charge in [0, 0.05) is 0 Å². The van der Waals surface area contributed by atoms with E-state index in [1.165, 1.54) is 0 Å². The van der Waals surface area contributed by atoms with Crippen LogP contribution < -0.4 is 5.32 Å². The summed E-state index contributed by atoms with van der Waals surface area (Å²) in [6.07, 6.45) is 2.84. The zero-order valence-electron chi connectivity index (χ0n) is 6.85. The van der Waals surface area contributed by atoms with Crippen LogP contribution in [0.25, 0.3) is 0 Å². The van der Waals surface area contributed by atoms with Crippen molar-refractivity contribution in [3.05, 3.63) is 35.8 Å². The SMILES string of the molecule is C=CCCNCc1ccc(Cl)o1. The average Bonchev–Trinajstić information content (AvgIpc) is 2.45. The van der Waals surface area contributed by atoms with E-state index >= 15 is 0 Å². The Morgan fingerprint density at radius 3 is 3.00 bits per heavy atom. The summed E-state index contributed by atoms with van der Waals surface area (Å²) in [4.78, 5) is 0. The lowest BCUT2D eigenvalue weighted by molar-refractivity contribution is 0.486. The second-order valence-electron chi connectivity index (χ2n) is 2.46. The molecule has 0 aliphatic carbocycles. The molecule has 0 spiro atoms. The van der Waals surface area contributed by atoms with Crippen molar-refractivity contribution >= 4 is 11.6 Å². The first-order chi connectivity index (χ1) is 5.83. The van der Waals surface area contributed by atoms with E-state index in [1.54, 1.807) is 6.07 Å². The molecule has 3 heteroatoms. The third-order valence-electron chi connectivity index (χ3n) is 1.45. The van der Waals surface area contributed by atoms with Gasteiger partial charge in [0.05, 0.1) is 6.54 Å². The summed E-state index contributed by atoms with van der Waals surface area (Å²) in [5, 5.41) is 3.63. The first kappa shape index (κ1) is 9.36. The number of hydrogen-bond acceptors (Lipinski definition) is 2. The molecule has 1 aromatic heterocycles. The van der Waals surface area contributed by atoms with E-state index in [0.717, 1.165) is 25.3 Å². The molecule has 0 unspecified atom stereocenters. The molecule has 0 aliphatic heterocycles. The molecule has 0 aliphatic rings. The van der Waals surface area contributed by atoms with Crippen LogP contribution in [-0.2, 0) is 6.54 Å². The third kappa shape index (κ3) is 3.11. The van der Waals surface area contributed by atoms with Crippen LogP contribution in [0.5, 0.6) is 0 Å². The van der Waals surface area contributed by atoms with Crippen molar-refractivity contribution < 1.29 is 4.42 Å². The zero-order chi connectivity index (χ0) is 8.81. The van der Waals surface area contributed by atoms with E-state index in [2.05, 4.69) is 11.9 Å². The van der Waals surface area contributed by atoms with Gasteiger partial charge >= 0.3 is 0 Å². The second kappa shape index (κ2) is 5.01. The van der Waals surface area contributed by atoms with Gasteiger partial charge < -0.3 is 9.73 Å². The van der Waals surface area contributed by atoms with E-state index in [4.69, 9.17) is 16.0 Å². The summed E-state index contributed by atoms with van der Waals surface area (Å²) < 4.78 is 5.14. The Morgan fingerprint density at radius 1 is 1.58 bits per heavy atom. The zero-order valence-corrected chi connectivity index (χ0v) is 7.60. The minimum Gasteiger partial charge on any atom is -0.448 e. The quantitative estimate of drug-likeness (QED) is 0.564. The lowest BCUT2D eigenvalue weighted by atomic mass is 10.4. The van der Waals surface area contributed by atoms with Gasteiger partial charge in [-0.15, -0.1) is 6.58 Å². The van der Waals surface area contributed by atoms with Crippen LogP contribution in [0, 0.1) is 0 Å². The molecule has 0 aromatic carbocycles. The van der Waals surface area contributed by atoms with E-state index in [1.807, 2.05) is 12.1 Å². The highest BCUT2D eigenvalue weighted by Gasteiger charge is 1.97. The van der Waals surface area contributed by atoms with Crippen molar-refractivity contribution in [3.63, 3.8) is 0 Å². The van der Waals surface area contributed by atoms with Crippen LogP contribution in [-0.4, -0.2) is 6.54 Å². The summed E-state index contributed by atoms with van der Waals surface area (Å²) in [7, 11) is 0. The van der Waals surface area contributed by atoms with Gasteiger partial charge in [0.25, 0.3) is 0 Å². The van der Waals surface area contributed by atoms with Gasteiger partial charge in [0.1, 0.15) is 5.76 Å². The van der Waals surface area contributed by atoms with Crippen molar-refractivity contribution in [2.24, 2.45) is 0 Å². The Labute approximate surface area is 77.2 Å². The van der Waals surface area contributed by atoms with Gasteiger partial charge in [0.2, 0.25) is 0 Å². The predicted molar refractivity (Wildman–Crippen MR) is 50.2 cm³/mol. The molecule has 0 saturated carbocycles. The van der Waals surface area contributed by atoms with Gasteiger partial charge in [-0.05, 0) is 36.7 Å². The molecule has 0 amide bonds. The lowest BCUT2D eigenvalue weighted by Gasteiger charge is -1.98. The summed E-state index contributed by atoms with van der Waals surface area (Å²) in [6, 6.07) is 3.61. The molecular weight excluding hydrogens is 174 g/mol. The third-order valence-corrected chi connectivity index (χ3v) is 1.66. The number of furan rings is 1. The summed E-state index contributed by atoms with van der Waals surface area (Å²) in [5.74, 6) is 0.865. The Kier molecular flexibility index (Phi) is 3.91. The van der Waals surface area contributed by atoms with Crippen molar-refractivity contribution in [3.8, 4) is 0 Å². The maximum atomic E-state index is 5.59. The molecule has 0 saturated heterocycles. The highest BCUT2D eigenvalue weighted by Crippen LogP contribution is 2.12. The average molecular weight is 186 g/mol. The standard InChI is InChI=1S/C9H12ClNO/c1-2-3-6-11-7-8-4-5-9(10)12-8/h2,4-5,11H,1,3,6-7H2. The molecule has 0 fully saturated rings. The first-order valence-electron chi connectivity index (χ1n) is 3.89. The molecule has 1 rings (SSSR count). The van der Waals surface area contributed by atoms with Crippen molar-refractivity contribution in [1.82, 2.24) is 5.32 Å². The lowest BCUT2D eigenvalue weighted by Crippen LogP contribution is -2.13. The highest BCUT2D eigenvalue weighted by atomic mass is 35.5. The first-order valence-corrected chi connectivity index (χ1v) is 4.26. The molecule has 1 aromatic rings. The summed E-state index contributed by atoms with van der Waals surface area (Å²) >= 11 is 5.59. The molecule has 2 nitrogen and oxygen atoms in total. The fourth-order valence-corrected chi connectivity index (χ4v) is 1.02. The molecule has 66 valence electrons. The monoisotopic (exact) mass is 185 g/mol. The Balaban J connectivity index is 2.19. The van der Waals surface area contributed by atoms with Gasteiger partial charge in [-0.1, -0.05) is 6.08 Å². The number of nitrogens with one attached hydrogen (secondary N) is 1. The smallest absolute Gasteiger partial charge is 0.193 e. The minimum absolute atomic E-state index is 0.440. The fourth-order valence-electron chi connectivity index (χ4n) is 0.862. The van der Waals surface area contributed by atoms with Gasteiger partial charge in [-0.2, -0.15) is 0 Å². The van der Waals surface area contributed by atoms with Crippen LogP contribution in [0.1, 0.15) is 12.2 Å². The molecule has 0 bridgehead atoms. The van der Waals surface area contributed by atoms with E-state index in [-0.39, 0.29) is 0 Å². The van der Waals surface area contributed by atoms with E-state index < -0.39 is 0 Å². The Bertz CT molecular complexity index is 244. The Hall–Kier alpha value is -0.730. The largest absolute Gasteiger partial charge is 0.448 e. The van der Waals surface area contributed by atoms with Crippen molar-refractivity contribution in [2.75, 3.05) is 6.54 Å². The fraction of sp³-hybridized carbons (Fsp3) is 0.333. The van der Waals surface area contributed by atoms with E-state index in [9.17, 15) is 0 Å². The van der Waals surface area contributed by atoms with Crippen LogP contribution in [0.15, 0.2) is 29.2 Å². The molecule has 1 N–H and O–H groups in total. The van der Waals surface area contributed by atoms with Crippen LogP contribution in [0.3, 0.4) is 0 Å². The summed E-state index contributed by atoms with van der Waals surface area (Å²) in [6.45, 7) is 5.27. The second-order valence-corrected chi connectivity index (χ2v) is 2.83. The molecule has 12 heavy (non-hydrogen) atoms. The summed E-state index contributed by atoms with van der Waals surface area (Å²) in [5.41, 5.74) is 0. The number of hydrogen-bond donors (Lipinski definition) is 1. The topological polar surface area (TPSA) is 25.2 Å². The maximum absolute atomic E-state index is 5.59. The van der Waals surface area contributed by atoms with Crippen LogP contribution >= 0.6 is 11.6 Å². The number of rotatable bonds is 5. The molecule has 0 atom stereocenters. The Morgan fingerprint density at radius 2 is 2.42 bits per heavy atom. The van der Waals surface area contributed by atoms with Crippen LogP contribution in [0.2, 0.25) is 5.22 Å². The van der Waals surface area contributed by atoms with E-state index in [0.29, 0.717) is 5.22 Å². The van der Waals surface area contributed by atoms with Crippen molar-refractivity contribution in [1.29, 1.82) is 0 Å². The predicted octanol–water partition coefficient (Wildman–Crippen LogP) is 2.60. The number of halogens is 1. The molecular formula is C9H12ClNO. The highest BCUT2D eigenvalue weighted by molar-refractivity contribution is 6.28. The van der Waals surface area contributed by atoms with Gasteiger partial charge in [-0.25, -0.2) is 0 Å². The van der Waals surface area contributed by atoms with Crippen LogP contribution in [0.4, 0.5) is 0 Å². The normalized spacial score (nSPS) is 10.1. The molecule has 0 radical (unpaired) electrons. The molecule has 1 heterocycles.